The number of carboxylic acid groups (broad SMARTS) is 2. The van der Waals surface area contributed by atoms with Crippen molar-refractivity contribution in [2.24, 2.45) is 0 Å². The fraction of sp³-hybridized carbons (Fsp3) is 0.143. The molecule has 1 aromatic carbocycles. The molecule has 1 aromatic heterocycles. The van der Waals surface area contributed by atoms with Crippen molar-refractivity contribution in [2.45, 2.75) is 13.0 Å². The van der Waals surface area contributed by atoms with Crippen molar-refractivity contribution >= 4 is 22.8 Å². The molecule has 0 aliphatic rings. The van der Waals surface area contributed by atoms with Gasteiger partial charge >= 0.3 is 11.9 Å². The molecule has 0 saturated heterocycles. The van der Waals surface area contributed by atoms with Gasteiger partial charge in [0.1, 0.15) is 5.69 Å². The van der Waals surface area contributed by atoms with Gasteiger partial charge in [-0.2, -0.15) is 0 Å². The highest BCUT2D eigenvalue weighted by Crippen LogP contribution is 2.14. The third-order valence-electron chi connectivity index (χ3n) is 3.09. The number of hydrogen-bond donors (Lipinski definition) is 3. The average Bonchev–Trinajstić information content (AvgIpc) is 2.58. The molecular weight excluding hydrogens is 294 g/mol. The van der Waals surface area contributed by atoms with Crippen LogP contribution in [0, 0.1) is 0 Å². The smallest absolute Gasteiger partial charge is 0.352 e. The van der Waals surface area contributed by atoms with Crippen LogP contribution >= 0.6 is 0 Å². The lowest BCUT2D eigenvalue weighted by atomic mass is 10.2. The van der Waals surface area contributed by atoms with Crippen LogP contribution < -0.4 is 10.9 Å². The fourth-order valence-corrected chi connectivity index (χ4v) is 2.08. The molecule has 0 saturated carbocycles. The molecule has 8 nitrogen and oxygen atoms in total. The fourth-order valence-electron chi connectivity index (χ4n) is 2.08. The Morgan fingerprint density at radius 1 is 1.05 bits per heavy atom. The number of rotatable bonds is 4. The van der Waals surface area contributed by atoms with Gasteiger partial charge in [0.05, 0.1) is 11.9 Å². The molecule has 0 unspecified atom stereocenters. The first-order valence-corrected chi connectivity index (χ1v) is 6.17. The molecule has 0 radical (unpaired) electrons. The Bertz CT molecular complexity index is 898. The molecule has 0 fully saturated rings. The van der Waals surface area contributed by atoms with Gasteiger partial charge in [0.15, 0.2) is 11.2 Å². The van der Waals surface area contributed by atoms with Crippen molar-refractivity contribution in [3.63, 3.8) is 0 Å². The molecule has 0 amide bonds. The van der Waals surface area contributed by atoms with Gasteiger partial charge in [-0.05, 0) is 12.1 Å². The highest BCUT2D eigenvalue weighted by atomic mass is 16.4. The van der Waals surface area contributed by atoms with E-state index in [2.05, 4.69) is 0 Å². The van der Waals surface area contributed by atoms with Crippen LogP contribution in [0.4, 0.5) is 0 Å². The number of pyridine rings is 1. The zero-order valence-corrected chi connectivity index (χ0v) is 11.1. The van der Waals surface area contributed by atoms with Crippen molar-refractivity contribution in [2.75, 3.05) is 0 Å². The topological polar surface area (TPSA) is 134 Å². The lowest BCUT2D eigenvalue weighted by Gasteiger charge is -2.12. The second kappa shape index (κ2) is 5.68. The van der Waals surface area contributed by atoms with E-state index in [-0.39, 0.29) is 23.9 Å². The summed E-state index contributed by atoms with van der Waals surface area (Å²) in [5.74, 6) is -3.14. The molecule has 3 N–H and O–H groups in total. The van der Waals surface area contributed by atoms with E-state index in [0.29, 0.717) is 0 Å². The van der Waals surface area contributed by atoms with Crippen LogP contribution in [0.15, 0.2) is 33.9 Å². The van der Waals surface area contributed by atoms with Crippen LogP contribution in [0.5, 0.6) is 5.75 Å². The first kappa shape index (κ1) is 15.2. The van der Waals surface area contributed by atoms with Gasteiger partial charge in [0, 0.05) is 24.1 Å². The van der Waals surface area contributed by atoms with Crippen LogP contribution in [0.1, 0.15) is 16.9 Å². The second-order valence-electron chi connectivity index (χ2n) is 4.52. The molecule has 8 heteroatoms. The summed E-state index contributed by atoms with van der Waals surface area (Å²) < 4.78 is 1.12. The van der Waals surface area contributed by atoms with Gasteiger partial charge < -0.3 is 19.9 Å². The Morgan fingerprint density at radius 2 is 1.73 bits per heavy atom. The number of carbonyl (C=O) groups is 2. The Labute approximate surface area is 122 Å². The molecule has 0 spiro atoms. The summed E-state index contributed by atoms with van der Waals surface area (Å²) in [5, 5.41) is 27.3. The largest absolute Gasteiger partial charge is 0.504 e. The molecule has 114 valence electrons. The average molecular weight is 305 g/mol. The zero-order valence-electron chi connectivity index (χ0n) is 11.1. The van der Waals surface area contributed by atoms with E-state index in [9.17, 15) is 24.3 Å². The van der Waals surface area contributed by atoms with E-state index in [1.807, 2.05) is 0 Å². The number of fused-ring (bicyclic) bond motifs is 1. The molecular formula is C14H11NO7. The number of hydrogen-bond acceptors (Lipinski definition) is 5. The highest BCUT2D eigenvalue weighted by Gasteiger charge is 2.15. The Morgan fingerprint density at radius 3 is 2.32 bits per heavy atom. The van der Waals surface area contributed by atoms with Gasteiger partial charge in [-0.3, -0.25) is 14.4 Å². The summed E-state index contributed by atoms with van der Waals surface area (Å²) in [5.41, 5.74) is -1.83. The number of aryl methyl sites for hydroxylation is 1. The molecule has 2 rings (SSSR count). The number of aromatic nitrogens is 1. The summed E-state index contributed by atoms with van der Waals surface area (Å²) >= 11 is 0. The standard InChI is InChI=1S/C14H11NO7/c16-10-2-1-8-7(5-12(10)18)11(17)6-9(14(21)22)15(8)4-3-13(19)20/h1-2,5-6H,3-4H2,(H,16,18)(H,19,20)(H,21,22). The van der Waals surface area contributed by atoms with E-state index in [1.54, 1.807) is 0 Å². The molecule has 22 heavy (non-hydrogen) atoms. The molecule has 0 aliphatic carbocycles. The molecule has 1 heterocycles. The van der Waals surface area contributed by atoms with E-state index in [1.165, 1.54) is 6.07 Å². The lowest BCUT2D eigenvalue weighted by molar-refractivity contribution is -0.137. The quantitative estimate of drug-likeness (QED) is 0.736. The van der Waals surface area contributed by atoms with Crippen molar-refractivity contribution in [3.05, 3.63) is 50.4 Å². The zero-order chi connectivity index (χ0) is 16.4. The van der Waals surface area contributed by atoms with Gasteiger partial charge in [0.2, 0.25) is 5.43 Å². The van der Waals surface area contributed by atoms with Crippen LogP contribution in [-0.4, -0.2) is 31.8 Å². The number of aromatic carboxylic acids is 1. The lowest BCUT2D eigenvalue weighted by Crippen LogP contribution is -2.19. The van der Waals surface area contributed by atoms with Crippen LogP contribution in [0.3, 0.4) is 0 Å². The summed E-state index contributed by atoms with van der Waals surface area (Å²) in [4.78, 5) is 45.5. The predicted octanol–water partition coefficient (Wildman–Crippen LogP) is 0.240. The van der Waals surface area contributed by atoms with Gasteiger partial charge in [0.25, 0.3) is 0 Å². The second-order valence-corrected chi connectivity index (χ2v) is 4.52. The van der Waals surface area contributed by atoms with Crippen molar-refractivity contribution in [3.8, 4) is 5.75 Å². The minimum absolute atomic E-state index is 0.0588. The van der Waals surface area contributed by atoms with E-state index < -0.39 is 34.2 Å². The number of aliphatic carboxylic acids is 1. The van der Waals surface area contributed by atoms with Gasteiger partial charge in [-0.25, -0.2) is 4.79 Å². The van der Waals surface area contributed by atoms with Crippen molar-refractivity contribution < 1.29 is 24.9 Å². The van der Waals surface area contributed by atoms with Crippen molar-refractivity contribution in [1.82, 2.24) is 4.57 Å². The predicted molar refractivity (Wildman–Crippen MR) is 75.4 cm³/mol. The third-order valence-corrected chi connectivity index (χ3v) is 3.09. The van der Waals surface area contributed by atoms with Gasteiger partial charge in [-0.15, -0.1) is 0 Å². The van der Waals surface area contributed by atoms with Crippen LogP contribution in [0.2, 0.25) is 0 Å². The first-order valence-electron chi connectivity index (χ1n) is 6.17. The third kappa shape index (κ3) is 2.80. The maximum Gasteiger partial charge on any atom is 0.352 e. The molecule has 0 bridgehead atoms. The van der Waals surface area contributed by atoms with Crippen molar-refractivity contribution in [1.29, 1.82) is 0 Å². The Hall–Kier alpha value is -3.16. The Balaban J connectivity index is 2.91. The Kier molecular flexibility index (Phi) is 3.93. The molecule has 0 aliphatic heterocycles. The molecule has 0 atom stereocenters. The summed E-state index contributed by atoms with van der Waals surface area (Å²) in [7, 11) is 0. The van der Waals surface area contributed by atoms with E-state index >= 15 is 0 Å². The summed E-state index contributed by atoms with van der Waals surface area (Å²) in [6.07, 6.45) is -0.368. The minimum Gasteiger partial charge on any atom is -0.504 e. The number of nitrogens with zero attached hydrogens (tertiary/aromatic N) is 1. The number of aromatic hydroxyl groups is 1. The maximum atomic E-state index is 12.0. The summed E-state index contributed by atoms with van der Waals surface area (Å²) in [6, 6.07) is 3.97. The maximum absolute atomic E-state index is 12.0. The van der Waals surface area contributed by atoms with E-state index in [4.69, 9.17) is 10.2 Å². The first-order chi connectivity index (χ1) is 10.3. The molecule has 2 aromatic rings. The van der Waals surface area contributed by atoms with Gasteiger partial charge in [-0.1, -0.05) is 0 Å². The monoisotopic (exact) mass is 305 g/mol. The van der Waals surface area contributed by atoms with Crippen LogP contribution in [0.25, 0.3) is 10.9 Å². The summed E-state index contributed by atoms with van der Waals surface area (Å²) in [6.45, 7) is -0.202. The normalized spacial score (nSPS) is 10.5. The highest BCUT2D eigenvalue weighted by molar-refractivity contribution is 5.90. The SMILES string of the molecule is O=C(O)CCn1c(C(=O)O)cc(=O)c2cc(=O)c(O)ccc21. The van der Waals surface area contributed by atoms with E-state index in [0.717, 1.165) is 22.8 Å². The van der Waals surface area contributed by atoms with Crippen LogP contribution in [-0.2, 0) is 11.3 Å². The minimum atomic E-state index is -1.40. The number of carboxylic acids is 2.